The molecule has 0 aromatic heterocycles. The highest BCUT2D eigenvalue weighted by atomic mass is 35.5. The maximum Gasteiger partial charge on any atom is 0.313 e. The van der Waals surface area contributed by atoms with E-state index in [4.69, 9.17) is 23.2 Å². The van der Waals surface area contributed by atoms with Gasteiger partial charge in [0.25, 0.3) is 0 Å². The fourth-order valence-corrected chi connectivity index (χ4v) is 1.92. The first-order valence-corrected chi connectivity index (χ1v) is 6.90. The molecule has 2 N–H and O–H groups in total. The van der Waals surface area contributed by atoms with Crippen LogP contribution in [0.3, 0.4) is 0 Å². The minimum Gasteiger partial charge on any atom is -0.344 e. The second-order valence-electron chi connectivity index (χ2n) is 4.24. The zero-order valence-corrected chi connectivity index (χ0v) is 12.4. The molecule has 2 aromatic carbocycles. The van der Waals surface area contributed by atoms with Crippen LogP contribution in [0.5, 0.6) is 0 Å². The highest BCUT2D eigenvalue weighted by Gasteiger charge is 2.14. The number of para-hydroxylation sites is 1. The molecule has 0 heterocycles. The van der Waals surface area contributed by atoms with Gasteiger partial charge in [0.15, 0.2) is 0 Å². The molecule has 21 heavy (non-hydrogen) atoms. The van der Waals surface area contributed by atoms with Gasteiger partial charge in [-0.05, 0) is 29.8 Å². The Morgan fingerprint density at radius 2 is 1.57 bits per heavy atom. The van der Waals surface area contributed by atoms with Gasteiger partial charge in [0.05, 0.1) is 10.7 Å². The minimum absolute atomic E-state index is 0.242. The number of carbonyl (C=O) groups excluding carboxylic acids is 2. The molecule has 0 saturated heterocycles. The lowest BCUT2D eigenvalue weighted by Crippen LogP contribution is -2.35. The van der Waals surface area contributed by atoms with E-state index in [9.17, 15) is 9.59 Å². The molecule has 0 radical (unpaired) electrons. The van der Waals surface area contributed by atoms with Crippen LogP contribution >= 0.6 is 23.2 Å². The highest BCUT2D eigenvalue weighted by Crippen LogP contribution is 2.20. The van der Waals surface area contributed by atoms with Gasteiger partial charge in [-0.15, -0.1) is 0 Å². The molecule has 0 atom stereocenters. The number of anilines is 1. The summed E-state index contributed by atoms with van der Waals surface area (Å²) < 4.78 is 0. The van der Waals surface area contributed by atoms with Gasteiger partial charge in [-0.3, -0.25) is 9.59 Å². The Balaban J connectivity index is 1.90. The van der Waals surface area contributed by atoms with Crippen LogP contribution in [-0.4, -0.2) is 11.8 Å². The Kier molecular flexibility index (Phi) is 5.20. The van der Waals surface area contributed by atoms with Gasteiger partial charge < -0.3 is 10.6 Å². The molecule has 2 amide bonds. The predicted octanol–water partition coefficient (Wildman–Crippen LogP) is 3.25. The van der Waals surface area contributed by atoms with Gasteiger partial charge in [0, 0.05) is 11.6 Å². The summed E-state index contributed by atoms with van der Waals surface area (Å²) in [7, 11) is 0. The number of nitrogens with one attached hydrogen (secondary N) is 2. The van der Waals surface area contributed by atoms with Crippen molar-refractivity contribution in [2.24, 2.45) is 0 Å². The quantitative estimate of drug-likeness (QED) is 0.852. The van der Waals surface area contributed by atoms with Crippen molar-refractivity contribution in [2.45, 2.75) is 6.54 Å². The van der Waals surface area contributed by atoms with Crippen LogP contribution in [0.4, 0.5) is 5.69 Å². The number of rotatable bonds is 3. The first-order chi connectivity index (χ1) is 10.1. The van der Waals surface area contributed by atoms with Crippen LogP contribution in [0.15, 0.2) is 48.5 Å². The van der Waals surface area contributed by atoms with Crippen molar-refractivity contribution in [1.29, 1.82) is 0 Å². The summed E-state index contributed by atoms with van der Waals surface area (Å²) in [6, 6.07) is 13.7. The molecule has 0 unspecified atom stereocenters. The van der Waals surface area contributed by atoms with Gasteiger partial charge in [-0.25, -0.2) is 0 Å². The Morgan fingerprint density at radius 1 is 0.905 bits per heavy atom. The summed E-state index contributed by atoms with van der Waals surface area (Å²) in [5.74, 6) is -1.50. The molecule has 4 nitrogen and oxygen atoms in total. The predicted molar refractivity (Wildman–Crippen MR) is 83.4 cm³/mol. The topological polar surface area (TPSA) is 58.2 Å². The largest absolute Gasteiger partial charge is 0.344 e. The van der Waals surface area contributed by atoms with E-state index in [2.05, 4.69) is 10.6 Å². The smallest absolute Gasteiger partial charge is 0.313 e. The normalized spacial score (nSPS) is 10.0. The molecular weight excluding hydrogens is 311 g/mol. The van der Waals surface area contributed by atoms with Crippen molar-refractivity contribution < 1.29 is 9.59 Å². The Morgan fingerprint density at radius 3 is 2.24 bits per heavy atom. The Hall–Kier alpha value is -2.04. The summed E-state index contributed by atoms with van der Waals surface area (Å²) in [6.07, 6.45) is 0. The third-order valence-corrected chi connectivity index (χ3v) is 3.28. The first-order valence-electron chi connectivity index (χ1n) is 6.14. The lowest BCUT2D eigenvalue weighted by Gasteiger charge is -2.07. The molecule has 0 saturated carbocycles. The summed E-state index contributed by atoms with van der Waals surface area (Å²) in [6.45, 7) is 0.242. The lowest BCUT2D eigenvalue weighted by atomic mass is 10.2. The average molecular weight is 323 g/mol. The van der Waals surface area contributed by atoms with Crippen LogP contribution in [0.1, 0.15) is 5.56 Å². The maximum absolute atomic E-state index is 11.7. The number of amides is 2. The molecule has 2 rings (SSSR count). The van der Waals surface area contributed by atoms with Crippen molar-refractivity contribution in [3.63, 3.8) is 0 Å². The molecule has 108 valence electrons. The van der Waals surface area contributed by atoms with E-state index >= 15 is 0 Å². The molecule has 6 heteroatoms. The Bertz CT molecular complexity index is 657. The van der Waals surface area contributed by atoms with Crippen LogP contribution in [0, 0.1) is 0 Å². The molecule has 0 aliphatic rings. The van der Waals surface area contributed by atoms with E-state index in [-0.39, 0.29) is 6.54 Å². The molecule has 0 fully saturated rings. The van der Waals surface area contributed by atoms with E-state index in [0.717, 1.165) is 5.56 Å². The molecule has 2 aromatic rings. The van der Waals surface area contributed by atoms with Crippen LogP contribution < -0.4 is 10.6 Å². The average Bonchev–Trinajstić information content (AvgIpc) is 2.48. The number of hydrogen-bond acceptors (Lipinski definition) is 2. The number of hydrogen-bond donors (Lipinski definition) is 2. The van der Waals surface area contributed by atoms with Gasteiger partial charge in [-0.1, -0.05) is 47.5 Å². The van der Waals surface area contributed by atoms with Gasteiger partial charge in [0.1, 0.15) is 0 Å². The van der Waals surface area contributed by atoms with Gasteiger partial charge >= 0.3 is 11.8 Å². The Labute approximate surface area is 132 Å². The van der Waals surface area contributed by atoms with E-state index < -0.39 is 11.8 Å². The monoisotopic (exact) mass is 322 g/mol. The highest BCUT2D eigenvalue weighted by molar-refractivity contribution is 6.41. The van der Waals surface area contributed by atoms with Crippen molar-refractivity contribution in [3.8, 4) is 0 Å². The molecule has 0 aliphatic carbocycles. The standard InChI is InChI=1S/C15H12Cl2N2O2/c16-11-7-5-10(6-8-11)9-18-14(20)15(21)19-13-4-2-1-3-12(13)17/h1-8H,9H2,(H,18,20)(H,19,21). The lowest BCUT2D eigenvalue weighted by molar-refractivity contribution is -0.136. The molecule has 0 bridgehead atoms. The fourth-order valence-electron chi connectivity index (χ4n) is 1.61. The second kappa shape index (κ2) is 7.11. The van der Waals surface area contributed by atoms with Crippen molar-refractivity contribution >= 4 is 40.7 Å². The summed E-state index contributed by atoms with van der Waals surface area (Å²) in [4.78, 5) is 23.4. The number of carbonyl (C=O) groups is 2. The SMILES string of the molecule is O=C(NCc1ccc(Cl)cc1)C(=O)Nc1ccccc1Cl. The molecular formula is C15H12Cl2N2O2. The number of benzene rings is 2. The molecule has 0 aliphatic heterocycles. The van der Waals surface area contributed by atoms with Gasteiger partial charge in [-0.2, -0.15) is 0 Å². The van der Waals surface area contributed by atoms with Crippen LogP contribution in [0.25, 0.3) is 0 Å². The van der Waals surface area contributed by atoms with E-state index in [0.29, 0.717) is 15.7 Å². The van der Waals surface area contributed by atoms with Crippen molar-refractivity contribution in [3.05, 3.63) is 64.1 Å². The van der Waals surface area contributed by atoms with Crippen LogP contribution in [0.2, 0.25) is 10.0 Å². The third-order valence-electron chi connectivity index (χ3n) is 2.69. The van der Waals surface area contributed by atoms with E-state index in [1.54, 1.807) is 48.5 Å². The fraction of sp³-hybridized carbons (Fsp3) is 0.0667. The van der Waals surface area contributed by atoms with Crippen molar-refractivity contribution in [2.75, 3.05) is 5.32 Å². The summed E-state index contributed by atoms with van der Waals surface area (Å²) in [5.41, 5.74) is 1.24. The zero-order valence-electron chi connectivity index (χ0n) is 10.9. The van der Waals surface area contributed by atoms with Gasteiger partial charge in [0.2, 0.25) is 0 Å². The second-order valence-corrected chi connectivity index (χ2v) is 5.09. The first kappa shape index (κ1) is 15.4. The zero-order chi connectivity index (χ0) is 15.2. The van der Waals surface area contributed by atoms with Crippen molar-refractivity contribution in [1.82, 2.24) is 5.32 Å². The maximum atomic E-state index is 11.7. The summed E-state index contributed by atoms with van der Waals surface area (Å²) in [5, 5.41) is 5.96. The molecule has 0 spiro atoms. The van der Waals surface area contributed by atoms with E-state index in [1.165, 1.54) is 0 Å². The minimum atomic E-state index is -0.767. The third kappa shape index (κ3) is 4.48. The van der Waals surface area contributed by atoms with E-state index in [1.807, 2.05) is 0 Å². The number of halogens is 2. The summed E-state index contributed by atoms with van der Waals surface area (Å²) >= 11 is 11.7. The van der Waals surface area contributed by atoms with Crippen LogP contribution in [-0.2, 0) is 16.1 Å².